The number of amides is 1. The minimum Gasteiger partial charge on any atom is -0.473 e. The van der Waals surface area contributed by atoms with Gasteiger partial charge in [0, 0.05) is 40.3 Å². The Labute approximate surface area is 400 Å². The Kier molecular flexibility index (Phi) is 13.8. The molecule has 0 spiro atoms. The summed E-state index contributed by atoms with van der Waals surface area (Å²) in [5.41, 5.74) is -6.21. The number of carbonyl (C=O) groups excluding carboxylic acids is 2. The number of thiol groups is 1. The predicted octanol–water partition coefficient (Wildman–Crippen LogP) is 6.21. The molecule has 1 amide bonds. The number of nitrogens with zero attached hydrogens (tertiary/aromatic N) is 6. The van der Waals surface area contributed by atoms with Gasteiger partial charge in [0.1, 0.15) is 40.9 Å². The number of carboxylic acids is 1. The van der Waals surface area contributed by atoms with Gasteiger partial charge >= 0.3 is 24.3 Å². The SMILES string of the molecule is CC(C)(C#Cc1ccc(-c2ccc(Cl)c3c(CN(COC(=O)C(=O)O)[SH](=O)=O)nn(CC(F)(F)F)c23)c(C(Cc2cc(F)cc(F)c2)NC(=O)Cn2nc(C(F)(F)F)c3c2C(F)(F)[C@@H]2C[C@H]32)n1)S(C)(=O)=O. The molecule has 1 saturated carbocycles. The number of aliphatic carboxylic acids is 1. The number of halogens is 11. The minimum absolute atomic E-state index is 0.184. The summed E-state index contributed by atoms with van der Waals surface area (Å²) in [6.07, 6.45) is -10.4. The number of rotatable bonds is 14. The number of pyridine rings is 1. The molecule has 2 aliphatic carbocycles. The Bertz CT molecular complexity index is 3260. The molecule has 7 rings (SSSR count). The molecule has 2 aliphatic rings. The Morgan fingerprint density at radius 2 is 1.66 bits per heavy atom. The summed E-state index contributed by atoms with van der Waals surface area (Å²) in [6.45, 7) is -3.01. The number of carbonyl (C=O) groups is 3. The molecule has 29 heteroatoms. The van der Waals surface area contributed by atoms with Crippen molar-refractivity contribution in [3.63, 3.8) is 0 Å². The lowest BCUT2D eigenvalue weighted by Crippen LogP contribution is -2.35. The van der Waals surface area contributed by atoms with Crippen molar-refractivity contribution in [2.75, 3.05) is 13.0 Å². The molecule has 0 aliphatic heterocycles. The van der Waals surface area contributed by atoms with Crippen LogP contribution in [0, 0.1) is 29.4 Å². The van der Waals surface area contributed by atoms with Crippen molar-refractivity contribution in [3.05, 3.63) is 98.7 Å². The van der Waals surface area contributed by atoms with Crippen LogP contribution in [0.3, 0.4) is 0 Å². The highest BCUT2D eigenvalue weighted by Crippen LogP contribution is 2.68. The molecule has 5 aromatic rings. The van der Waals surface area contributed by atoms with Gasteiger partial charge in [0.25, 0.3) is 5.92 Å². The number of fused-ring (bicyclic) bond motifs is 4. The highest BCUT2D eigenvalue weighted by atomic mass is 35.5. The maximum atomic E-state index is 15.5. The van der Waals surface area contributed by atoms with E-state index in [1.165, 1.54) is 13.8 Å². The molecular weight excluding hydrogens is 1040 g/mol. The van der Waals surface area contributed by atoms with Crippen molar-refractivity contribution in [2.24, 2.45) is 5.92 Å². The van der Waals surface area contributed by atoms with Gasteiger partial charge in [-0.2, -0.15) is 49.6 Å². The Morgan fingerprint density at radius 3 is 2.25 bits per heavy atom. The number of nitrogens with one attached hydrogen (secondary N) is 1. The van der Waals surface area contributed by atoms with Crippen LogP contribution < -0.4 is 5.32 Å². The number of ether oxygens (including phenoxy) is 1. The molecule has 16 nitrogen and oxygen atoms in total. The van der Waals surface area contributed by atoms with E-state index in [-0.39, 0.29) is 43.9 Å². The minimum atomic E-state index is -5.23. The third-order valence-corrected chi connectivity index (χ3v) is 14.5. The molecule has 3 aromatic heterocycles. The standard InChI is InChI=1S/C42H34ClF10N7O9S2/c1-39(2,71(3,67)68)9-8-22-4-5-23(24-6-7-27(43)32-29(56-60(34(24)32)17-40(46,47)48)15-58(70(65)66)18-69-38(64)37(62)63)33(54-22)28(12-19-10-20(44)13-21(45)11-19)55-30(61)16-59-36-31(35(57-59)42(51,52)53)25-14-26(25)41(36,49)50/h4-7,10-11,13,25-26,28,70H,12,14-18H2,1-3H3,(H,55,61)(H,62,63)/t25-,26+,28?/m0/s1. The Morgan fingerprint density at radius 1 is 1.01 bits per heavy atom. The van der Waals surface area contributed by atoms with Gasteiger partial charge in [0.15, 0.2) is 22.3 Å². The second-order valence-corrected chi connectivity index (χ2v) is 20.9. The fraction of sp³-hybridized carbons (Fsp3) is 0.381. The van der Waals surface area contributed by atoms with Crippen LogP contribution in [0.15, 0.2) is 42.5 Å². The van der Waals surface area contributed by atoms with Gasteiger partial charge in [0.05, 0.1) is 34.5 Å². The van der Waals surface area contributed by atoms with Crippen LogP contribution in [0.5, 0.6) is 0 Å². The summed E-state index contributed by atoms with van der Waals surface area (Å²) in [7, 11) is -7.69. The first-order valence-corrected chi connectivity index (χ1v) is 23.8. The van der Waals surface area contributed by atoms with Crippen LogP contribution >= 0.6 is 11.6 Å². The number of aromatic nitrogens is 5. The molecule has 3 heterocycles. The number of carboxylic acid groups (broad SMARTS) is 1. The van der Waals surface area contributed by atoms with Crippen molar-refractivity contribution < 1.29 is 85.0 Å². The molecule has 1 fully saturated rings. The van der Waals surface area contributed by atoms with Crippen LogP contribution in [0.1, 0.15) is 71.8 Å². The van der Waals surface area contributed by atoms with E-state index in [1.807, 2.05) is 0 Å². The van der Waals surface area contributed by atoms with Gasteiger partial charge < -0.3 is 15.2 Å². The number of esters is 1. The summed E-state index contributed by atoms with van der Waals surface area (Å²) < 4.78 is 199. The maximum absolute atomic E-state index is 15.5. The van der Waals surface area contributed by atoms with Gasteiger partial charge in [0.2, 0.25) is 16.8 Å². The number of benzene rings is 2. The molecule has 2 aromatic carbocycles. The van der Waals surface area contributed by atoms with Crippen LogP contribution in [0.2, 0.25) is 5.02 Å². The van der Waals surface area contributed by atoms with Gasteiger partial charge in [-0.05, 0) is 74.4 Å². The molecular formula is C42H34ClF10N7O9S2. The van der Waals surface area contributed by atoms with E-state index in [2.05, 4.69) is 37.1 Å². The van der Waals surface area contributed by atoms with E-state index in [4.69, 9.17) is 16.7 Å². The van der Waals surface area contributed by atoms with Crippen LogP contribution in [-0.4, -0.2) is 92.5 Å². The largest absolute Gasteiger partial charge is 0.473 e. The number of sulfone groups is 1. The first-order chi connectivity index (χ1) is 32.8. The zero-order valence-electron chi connectivity index (χ0n) is 36.4. The lowest BCUT2D eigenvalue weighted by molar-refractivity contribution is -0.165. The van der Waals surface area contributed by atoms with Gasteiger partial charge in [-0.25, -0.2) is 40.2 Å². The van der Waals surface area contributed by atoms with E-state index in [0.717, 1.165) is 42.7 Å². The maximum Gasteiger partial charge on any atom is 0.435 e. The average Bonchev–Trinajstić information content (AvgIpc) is 3.75. The Balaban J connectivity index is 1.44. The van der Waals surface area contributed by atoms with Crippen molar-refractivity contribution in [2.45, 2.75) is 81.3 Å². The van der Waals surface area contributed by atoms with E-state index in [9.17, 15) is 66.3 Å². The first-order valence-electron chi connectivity index (χ1n) is 20.4. The molecule has 3 atom stereocenters. The van der Waals surface area contributed by atoms with Crippen molar-refractivity contribution in [3.8, 4) is 23.0 Å². The summed E-state index contributed by atoms with van der Waals surface area (Å²) in [6, 6.07) is 4.84. The van der Waals surface area contributed by atoms with E-state index < -0.39 is 158 Å². The normalized spacial score (nSPS) is 16.9. The summed E-state index contributed by atoms with van der Waals surface area (Å²) in [4.78, 5) is 41.3. The van der Waals surface area contributed by atoms with Crippen molar-refractivity contribution >= 4 is 61.1 Å². The number of hydrogen-bond donors (Lipinski definition) is 3. The van der Waals surface area contributed by atoms with Crippen LogP contribution in [0.25, 0.3) is 22.0 Å². The molecule has 0 radical (unpaired) electrons. The van der Waals surface area contributed by atoms with Crippen LogP contribution in [-0.2, 0) is 78.0 Å². The van der Waals surface area contributed by atoms with Gasteiger partial charge in [-0.1, -0.05) is 23.6 Å². The van der Waals surface area contributed by atoms with Crippen molar-refractivity contribution in [1.29, 1.82) is 0 Å². The predicted molar refractivity (Wildman–Crippen MR) is 227 cm³/mol. The fourth-order valence-corrected chi connectivity index (χ4v) is 8.88. The van der Waals surface area contributed by atoms with Crippen molar-refractivity contribution in [1.82, 2.24) is 34.2 Å². The second-order valence-electron chi connectivity index (χ2n) is 16.9. The van der Waals surface area contributed by atoms with E-state index in [0.29, 0.717) is 15.1 Å². The average molecular weight is 1070 g/mol. The third kappa shape index (κ3) is 11.0. The van der Waals surface area contributed by atoms with Crippen LogP contribution in [0.4, 0.5) is 43.9 Å². The van der Waals surface area contributed by atoms with Gasteiger partial charge in [-0.3, -0.25) is 14.2 Å². The summed E-state index contributed by atoms with van der Waals surface area (Å²) in [5.74, 6) is -9.12. The highest BCUT2D eigenvalue weighted by molar-refractivity contribution is 7.92. The molecule has 0 bridgehead atoms. The quantitative estimate of drug-likeness (QED) is 0.0283. The van der Waals surface area contributed by atoms with Gasteiger partial charge in [-0.15, -0.1) is 0 Å². The first kappa shape index (κ1) is 52.5. The fourth-order valence-electron chi connectivity index (χ4n) is 7.98. The Hall–Kier alpha value is -6.31. The molecule has 0 saturated heterocycles. The number of hydrogen-bond acceptors (Lipinski definition) is 11. The van der Waals surface area contributed by atoms with E-state index in [1.54, 1.807) is 0 Å². The highest BCUT2D eigenvalue weighted by Gasteiger charge is 2.68. The monoisotopic (exact) mass is 1070 g/mol. The third-order valence-electron chi connectivity index (χ3n) is 11.5. The topological polar surface area (TPSA) is 213 Å². The summed E-state index contributed by atoms with van der Waals surface area (Å²) >= 11 is 6.56. The smallest absolute Gasteiger partial charge is 0.435 e. The summed E-state index contributed by atoms with van der Waals surface area (Å²) in [5, 5.41) is 17.9. The molecule has 2 N–H and O–H groups in total. The lowest BCUT2D eigenvalue weighted by Gasteiger charge is -2.23. The molecule has 71 heavy (non-hydrogen) atoms. The second kappa shape index (κ2) is 18.7. The zero-order chi connectivity index (χ0) is 52.5. The zero-order valence-corrected chi connectivity index (χ0v) is 38.9. The number of alkyl halides is 8. The molecule has 1 unspecified atom stereocenters. The lowest BCUT2D eigenvalue weighted by atomic mass is 9.93. The van der Waals surface area contributed by atoms with E-state index >= 15 is 8.78 Å². The molecule has 380 valence electrons.